The number of imide groups is 1. The zero-order valence-electron chi connectivity index (χ0n) is 23.7. The van der Waals surface area contributed by atoms with Crippen molar-refractivity contribution in [1.82, 2.24) is 25.1 Å². The molecule has 0 atom stereocenters. The molecule has 4 rings (SSSR count). The summed E-state index contributed by atoms with van der Waals surface area (Å²) in [6.07, 6.45) is 0.400. The quantitative estimate of drug-likeness (QED) is 0.417. The molecule has 3 aromatic rings. The van der Waals surface area contributed by atoms with E-state index in [1.54, 1.807) is 59.8 Å². The number of benzene rings is 1. The largest absolute Gasteiger partial charge is 0.465 e. The molecule has 0 fully saturated rings. The molecular formula is C28H32N6O7. The van der Waals surface area contributed by atoms with Crippen LogP contribution in [0.3, 0.4) is 0 Å². The third-order valence-corrected chi connectivity index (χ3v) is 5.57. The Morgan fingerprint density at radius 1 is 0.951 bits per heavy atom. The molecule has 0 aliphatic carbocycles. The zero-order chi connectivity index (χ0) is 29.9. The molecule has 13 heteroatoms. The smallest absolute Gasteiger partial charge is 0.425 e. The molecule has 0 saturated carbocycles. The summed E-state index contributed by atoms with van der Waals surface area (Å²) in [5, 5.41) is 17.6. The van der Waals surface area contributed by atoms with Gasteiger partial charge in [-0.1, -0.05) is 24.3 Å². The Morgan fingerprint density at radius 2 is 1.56 bits per heavy atom. The molecule has 1 aliphatic heterocycles. The van der Waals surface area contributed by atoms with Crippen LogP contribution in [-0.2, 0) is 9.47 Å². The topological polar surface area (TPSA) is 161 Å². The second-order valence-electron chi connectivity index (χ2n) is 11.2. The predicted molar refractivity (Wildman–Crippen MR) is 148 cm³/mol. The molecule has 3 amide bonds. The number of nitrogens with zero attached hydrogens (tertiary/aromatic N) is 6. The first-order valence-electron chi connectivity index (χ1n) is 12.9. The van der Waals surface area contributed by atoms with E-state index in [-0.39, 0.29) is 36.4 Å². The van der Waals surface area contributed by atoms with Crippen LogP contribution in [0.5, 0.6) is 0 Å². The maximum atomic E-state index is 13.4. The number of aromatic nitrogens is 4. The van der Waals surface area contributed by atoms with Crippen LogP contribution in [0, 0.1) is 0 Å². The van der Waals surface area contributed by atoms with Crippen molar-refractivity contribution in [2.75, 3.05) is 18.0 Å². The summed E-state index contributed by atoms with van der Waals surface area (Å²) in [6, 6.07) is 9.04. The number of carbonyl (C=O) groups is 3. The Labute approximate surface area is 236 Å². The first kappa shape index (κ1) is 29.2. The van der Waals surface area contributed by atoms with Gasteiger partial charge in [0.15, 0.2) is 11.5 Å². The van der Waals surface area contributed by atoms with Gasteiger partial charge in [-0.2, -0.15) is 4.90 Å². The van der Waals surface area contributed by atoms with E-state index in [1.807, 2.05) is 18.2 Å². The Hall–Kier alpha value is -4.81. The SMILES string of the molecule is CC(C)(C)OC(=O)N(C(=O)OC(C)(C)C)c1ncc(C2=CCN(C(=O)O)CC2)nc1-c1nnc(-c2ccccc2)o1. The van der Waals surface area contributed by atoms with Gasteiger partial charge in [0.2, 0.25) is 5.89 Å². The van der Waals surface area contributed by atoms with Gasteiger partial charge in [-0.3, -0.25) is 0 Å². The van der Waals surface area contributed by atoms with Crippen molar-refractivity contribution in [2.45, 2.75) is 59.2 Å². The lowest BCUT2D eigenvalue weighted by atomic mass is 10.1. The first-order chi connectivity index (χ1) is 19.2. The first-order valence-corrected chi connectivity index (χ1v) is 12.9. The minimum Gasteiger partial charge on any atom is -0.465 e. The fourth-order valence-corrected chi connectivity index (χ4v) is 3.80. The molecule has 0 spiro atoms. The van der Waals surface area contributed by atoms with Crippen LogP contribution < -0.4 is 4.90 Å². The lowest BCUT2D eigenvalue weighted by molar-refractivity contribution is 0.0429. The molecule has 2 aromatic heterocycles. The van der Waals surface area contributed by atoms with E-state index < -0.39 is 29.5 Å². The van der Waals surface area contributed by atoms with Crippen LogP contribution in [-0.4, -0.2) is 72.7 Å². The second kappa shape index (κ2) is 11.4. The number of anilines is 1. The van der Waals surface area contributed by atoms with Gasteiger partial charge in [-0.25, -0.2) is 24.4 Å². The number of hydrogen-bond donors (Lipinski definition) is 1. The molecular weight excluding hydrogens is 532 g/mol. The Morgan fingerprint density at radius 3 is 2.10 bits per heavy atom. The number of rotatable bonds is 4. The standard InChI is InChI=1S/C28H32N6O7/c1-27(2,3)40-25(37)34(26(38)41-28(4,5)6)21-20(23-32-31-22(39-23)18-10-8-7-9-11-18)30-19(16-29-21)17-12-14-33(15-13-17)24(35)36/h7-12,16H,13-15H2,1-6H3,(H,35,36). The van der Waals surface area contributed by atoms with E-state index in [4.69, 9.17) is 13.9 Å². The summed E-state index contributed by atoms with van der Waals surface area (Å²) in [6.45, 7) is 10.4. The van der Waals surface area contributed by atoms with Crippen molar-refractivity contribution >= 4 is 29.7 Å². The number of carbonyl (C=O) groups excluding carboxylic acids is 2. The molecule has 3 heterocycles. The van der Waals surface area contributed by atoms with Crippen LogP contribution >= 0.6 is 0 Å². The molecule has 13 nitrogen and oxygen atoms in total. The van der Waals surface area contributed by atoms with Gasteiger partial charge < -0.3 is 23.9 Å². The summed E-state index contributed by atoms with van der Waals surface area (Å²) in [7, 11) is 0. The Bertz CT molecular complexity index is 1440. The summed E-state index contributed by atoms with van der Waals surface area (Å²) in [5.41, 5.74) is -0.183. The fraction of sp³-hybridized carbons (Fsp3) is 0.393. The van der Waals surface area contributed by atoms with Crippen molar-refractivity contribution in [3.8, 4) is 23.0 Å². The van der Waals surface area contributed by atoms with Crippen LogP contribution in [0.1, 0.15) is 53.7 Å². The van der Waals surface area contributed by atoms with Gasteiger partial charge in [0, 0.05) is 18.7 Å². The van der Waals surface area contributed by atoms with Crippen molar-refractivity contribution in [3.63, 3.8) is 0 Å². The maximum absolute atomic E-state index is 13.4. The summed E-state index contributed by atoms with van der Waals surface area (Å²) in [5.74, 6) is -0.146. The minimum absolute atomic E-state index is 0.0598. The van der Waals surface area contributed by atoms with Gasteiger partial charge in [-0.05, 0) is 65.7 Å². The number of amides is 3. The number of hydrogen-bond acceptors (Lipinski definition) is 10. The minimum atomic E-state index is -1.04. The van der Waals surface area contributed by atoms with E-state index in [9.17, 15) is 19.5 Å². The number of ether oxygens (including phenoxy) is 2. The normalized spacial score (nSPS) is 13.8. The molecule has 1 aromatic carbocycles. The monoisotopic (exact) mass is 564 g/mol. The molecule has 41 heavy (non-hydrogen) atoms. The van der Waals surface area contributed by atoms with E-state index in [2.05, 4.69) is 20.2 Å². The van der Waals surface area contributed by atoms with Gasteiger partial charge >= 0.3 is 18.3 Å². The Kier molecular flexibility index (Phi) is 8.08. The van der Waals surface area contributed by atoms with E-state index >= 15 is 0 Å². The predicted octanol–water partition coefficient (Wildman–Crippen LogP) is 5.64. The van der Waals surface area contributed by atoms with E-state index in [1.165, 1.54) is 11.1 Å². The average molecular weight is 565 g/mol. The van der Waals surface area contributed by atoms with Gasteiger partial charge in [0.1, 0.15) is 11.2 Å². The highest BCUT2D eigenvalue weighted by Crippen LogP contribution is 2.33. The summed E-state index contributed by atoms with van der Waals surface area (Å²) in [4.78, 5) is 49.1. The van der Waals surface area contributed by atoms with E-state index in [0.717, 1.165) is 5.57 Å². The summed E-state index contributed by atoms with van der Waals surface area (Å²) < 4.78 is 17.0. The van der Waals surface area contributed by atoms with E-state index in [0.29, 0.717) is 22.6 Å². The molecule has 0 unspecified atom stereocenters. The summed E-state index contributed by atoms with van der Waals surface area (Å²) >= 11 is 0. The van der Waals surface area contributed by atoms with Crippen molar-refractivity contribution < 1.29 is 33.4 Å². The maximum Gasteiger partial charge on any atom is 0.425 e. The number of carboxylic acid groups (broad SMARTS) is 1. The fourth-order valence-electron chi connectivity index (χ4n) is 3.80. The van der Waals surface area contributed by atoms with Crippen LogP contribution in [0.4, 0.5) is 20.2 Å². The molecule has 1 N–H and O–H groups in total. The highest BCUT2D eigenvalue weighted by molar-refractivity contribution is 6.10. The van der Waals surface area contributed by atoms with Gasteiger partial charge in [-0.15, -0.1) is 10.2 Å². The molecule has 216 valence electrons. The zero-order valence-corrected chi connectivity index (χ0v) is 23.7. The highest BCUT2D eigenvalue weighted by Gasteiger charge is 2.37. The third-order valence-electron chi connectivity index (χ3n) is 5.57. The molecule has 1 aliphatic rings. The third kappa shape index (κ3) is 7.24. The molecule has 0 radical (unpaired) electrons. The molecule has 0 bridgehead atoms. The van der Waals surface area contributed by atoms with Crippen LogP contribution in [0.25, 0.3) is 28.6 Å². The van der Waals surface area contributed by atoms with Gasteiger partial charge in [0.25, 0.3) is 5.89 Å². The average Bonchev–Trinajstić information content (AvgIpc) is 3.38. The lowest BCUT2D eigenvalue weighted by Crippen LogP contribution is -2.44. The van der Waals surface area contributed by atoms with Crippen molar-refractivity contribution in [3.05, 3.63) is 48.3 Å². The van der Waals surface area contributed by atoms with Crippen molar-refractivity contribution in [2.24, 2.45) is 0 Å². The second-order valence-corrected chi connectivity index (χ2v) is 11.2. The molecule has 0 saturated heterocycles. The lowest BCUT2D eigenvalue weighted by Gasteiger charge is -2.28. The van der Waals surface area contributed by atoms with Crippen LogP contribution in [0.2, 0.25) is 0 Å². The Balaban J connectivity index is 1.85. The highest BCUT2D eigenvalue weighted by atomic mass is 16.6. The van der Waals surface area contributed by atoms with Crippen LogP contribution in [0.15, 0.2) is 47.0 Å². The van der Waals surface area contributed by atoms with Gasteiger partial charge in [0.05, 0.1) is 11.9 Å². The van der Waals surface area contributed by atoms with Crippen molar-refractivity contribution in [1.29, 1.82) is 0 Å².